The van der Waals surface area contributed by atoms with E-state index in [1.54, 1.807) is 13.0 Å². The largest absolute Gasteiger partial charge is 0.367 e. The molecule has 1 heterocycles. The number of carbonyl (C=O) groups is 1. The molecule has 21 heavy (non-hydrogen) atoms. The number of aryl methyl sites for hydroxylation is 1. The Bertz CT molecular complexity index is 624. The maximum atomic E-state index is 12.4. The minimum absolute atomic E-state index is 0.149. The number of methoxy groups -OCH3 is 1. The molecule has 1 atom stereocenters. The average Bonchev–Trinajstić information content (AvgIpc) is 2.45. The van der Waals surface area contributed by atoms with Gasteiger partial charge in [0.25, 0.3) is 5.91 Å². The molecule has 0 aliphatic heterocycles. The molecule has 1 unspecified atom stereocenters. The summed E-state index contributed by atoms with van der Waals surface area (Å²) in [6, 6.07) is 10.8. The van der Waals surface area contributed by atoms with Gasteiger partial charge in [-0.3, -0.25) is 4.79 Å². The van der Waals surface area contributed by atoms with Crippen LogP contribution in [0.3, 0.4) is 0 Å². The smallest absolute Gasteiger partial charge is 0.258 e. The summed E-state index contributed by atoms with van der Waals surface area (Å²) in [5.41, 5.74) is 1.92. The zero-order chi connectivity index (χ0) is 15.4. The van der Waals surface area contributed by atoms with Crippen molar-refractivity contribution >= 4 is 34.8 Å². The SMILES string of the molecule is COC(C(=O)Nc1c(C)cc(Cl)nc1Cl)c1ccccc1. The fraction of sp³-hybridized carbons (Fsp3) is 0.200. The Morgan fingerprint density at radius 3 is 2.52 bits per heavy atom. The Morgan fingerprint density at radius 2 is 1.95 bits per heavy atom. The van der Waals surface area contributed by atoms with E-state index in [2.05, 4.69) is 10.3 Å². The van der Waals surface area contributed by atoms with Gasteiger partial charge in [-0.25, -0.2) is 4.98 Å². The summed E-state index contributed by atoms with van der Waals surface area (Å²) in [7, 11) is 1.48. The maximum absolute atomic E-state index is 12.4. The van der Waals surface area contributed by atoms with Crippen molar-refractivity contribution in [2.45, 2.75) is 13.0 Å². The summed E-state index contributed by atoms with van der Waals surface area (Å²) in [6.07, 6.45) is -0.725. The number of anilines is 1. The van der Waals surface area contributed by atoms with Gasteiger partial charge in [0, 0.05) is 7.11 Å². The number of benzene rings is 1. The third kappa shape index (κ3) is 3.73. The van der Waals surface area contributed by atoms with Crippen LogP contribution in [0.4, 0.5) is 5.69 Å². The Balaban J connectivity index is 2.25. The quantitative estimate of drug-likeness (QED) is 0.864. The van der Waals surface area contributed by atoms with Gasteiger partial charge < -0.3 is 10.1 Å². The molecule has 0 bridgehead atoms. The van der Waals surface area contributed by atoms with Crippen molar-refractivity contribution in [3.8, 4) is 0 Å². The number of amides is 1. The van der Waals surface area contributed by atoms with E-state index in [4.69, 9.17) is 27.9 Å². The van der Waals surface area contributed by atoms with Gasteiger partial charge in [0.2, 0.25) is 0 Å². The van der Waals surface area contributed by atoms with Gasteiger partial charge in [0.05, 0.1) is 5.69 Å². The second-order valence-electron chi connectivity index (χ2n) is 4.44. The van der Waals surface area contributed by atoms with Gasteiger partial charge >= 0.3 is 0 Å². The van der Waals surface area contributed by atoms with E-state index >= 15 is 0 Å². The molecule has 0 aliphatic rings. The molecule has 1 N–H and O–H groups in total. The fourth-order valence-corrected chi connectivity index (χ4v) is 2.54. The highest BCUT2D eigenvalue weighted by atomic mass is 35.5. The Morgan fingerprint density at radius 1 is 1.29 bits per heavy atom. The zero-order valence-corrected chi connectivity index (χ0v) is 13.1. The monoisotopic (exact) mass is 324 g/mol. The Labute approximate surface area is 133 Å². The first-order valence-corrected chi connectivity index (χ1v) is 6.99. The molecular formula is C15H14Cl2N2O2. The Kier molecular flexibility index (Phi) is 5.17. The van der Waals surface area contributed by atoms with E-state index in [1.807, 2.05) is 30.3 Å². The molecule has 0 saturated heterocycles. The third-order valence-corrected chi connectivity index (χ3v) is 3.43. The van der Waals surface area contributed by atoms with Gasteiger partial charge in [-0.2, -0.15) is 0 Å². The second-order valence-corrected chi connectivity index (χ2v) is 5.19. The summed E-state index contributed by atoms with van der Waals surface area (Å²) in [6.45, 7) is 1.79. The number of hydrogen-bond donors (Lipinski definition) is 1. The summed E-state index contributed by atoms with van der Waals surface area (Å²) in [5, 5.41) is 3.17. The molecule has 2 aromatic rings. The van der Waals surface area contributed by atoms with Crippen LogP contribution in [-0.4, -0.2) is 18.0 Å². The van der Waals surface area contributed by atoms with Crippen LogP contribution in [0, 0.1) is 6.92 Å². The summed E-state index contributed by atoms with van der Waals surface area (Å²) in [5.74, 6) is -0.321. The van der Waals surface area contributed by atoms with Crippen molar-refractivity contribution in [1.29, 1.82) is 0 Å². The average molecular weight is 325 g/mol. The van der Waals surface area contributed by atoms with Crippen molar-refractivity contribution in [2.75, 3.05) is 12.4 Å². The van der Waals surface area contributed by atoms with E-state index < -0.39 is 6.10 Å². The molecule has 1 aromatic carbocycles. The topological polar surface area (TPSA) is 51.2 Å². The van der Waals surface area contributed by atoms with Crippen LogP contribution in [0.2, 0.25) is 10.3 Å². The van der Waals surface area contributed by atoms with Gasteiger partial charge in [0.15, 0.2) is 11.3 Å². The number of hydrogen-bond acceptors (Lipinski definition) is 3. The molecule has 0 radical (unpaired) electrons. The molecule has 1 amide bonds. The molecule has 0 saturated carbocycles. The van der Waals surface area contributed by atoms with Gasteiger partial charge in [-0.15, -0.1) is 0 Å². The number of halogens is 2. The fourth-order valence-electron chi connectivity index (χ4n) is 1.96. The van der Waals surface area contributed by atoms with Crippen molar-refractivity contribution < 1.29 is 9.53 Å². The van der Waals surface area contributed by atoms with Crippen LogP contribution >= 0.6 is 23.2 Å². The van der Waals surface area contributed by atoms with Gasteiger partial charge in [0.1, 0.15) is 5.15 Å². The van der Waals surface area contributed by atoms with Crippen LogP contribution in [-0.2, 0) is 9.53 Å². The molecular weight excluding hydrogens is 311 g/mol. The number of ether oxygens (including phenoxy) is 1. The highest BCUT2D eigenvalue weighted by molar-refractivity contribution is 6.34. The van der Waals surface area contributed by atoms with Crippen LogP contribution in [0.1, 0.15) is 17.2 Å². The van der Waals surface area contributed by atoms with Crippen molar-refractivity contribution in [3.05, 3.63) is 57.8 Å². The number of rotatable bonds is 4. The van der Waals surface area contributed by atoms with Gasteiger partial charge in [-0.1, -0.05) is 53.5 Å². The Hall–Kier alpha value is -1.62. The number of nitrogens with zero attached hydrogens (tertiary/aromatic N) is 1. The lowest BCUT2D eigenvalue weighted by molar-refractivity contribution is -0.126. The number of aromatic nitrogens is 1. The number of nitrogens with one attached hydrogen (secondary N) is 1. The number of pyridine rings is 1. The third-order valence-electron chi connectivity index (χ3n) is 2.97. The predicted octanol–water partition coefficient (Wildman–Crippen LogP) is 4.02. The molecule has 4 nitrogen and oxygen atoms in total. The number of carbonyl (C=O) groups excluding carboxylic acids is 1. The van der Waals surface area contributed by atoms with E-state index in [9.17, 15) is 4.79 Å². The summed E-state index contributed by atoms with van der Waals surface area (Å²) >= 11 is 11.8. The van der Waals surface area contributed by atoms with Gasteiger partial charge in [-0.05, 0) is 24.1 Å². The highest BCUT2D eigenvalue weighted by Crippen LogP contribution is 2.28. The van der Waals surface area contributed by atoms with Crippen LogP contribution in [0.5, 0.6) is 0 Å². The highest BCUT2D eigenvalue weighted by Gasteiger charge is 2.21. The molecule has 2 rings (SSSR count). The van der Waals surface area contributed by atoms with E-state index in [0.29, 0.717) is 5.69 Å². The lowest BCUT2D eigenvalue weighted by atomic mass is 10.1. The standard InChI is InChI=1S/C15H14Cl2N2O2/c1-9-8-11(16)18-14(17)12(9)19-15(20)13(21-2)10-6-4-3-5-7-10/h3-8,13H,1-2H3,(H,19,20). The molecule has 6 heteroatoms. The molecule has 0 spiro atoms. The lowest BCUT2D eigenvalue weighted by Gasteiger charge is -2.17. The normalized spacial score (nSPS) is 12.0. The van der Waals surface area contributed by atoms with Crippen LogP contribution in [0.15, 0.2) is 36.4 Å². The van der Waals surface area contributed by atoms with Crippen LogP contribution in [0.25, 0.3) is 0 Å². The second kappa shape index (κ2) is 6.89. The first kappa shape index (κ1) is 15.8. The summed E-state index contributed by atoms with van der Waals surface area (Å²) < 4.78 is 5.27. The van der Waals surface area contributed by atoms with Crippen LogP contribution < -0.4 is 5.32 Å². The molecule has 0 aliphatic carbocycles. The first-order valence-electron chi connectivity index (χ1n) is 6.24. The van der Waals surface area contributed by atoms with Crippen molar-refractivity contribution in [2.24, 2.45) is 0 Å². The van der Waals surface area contributed by atoms with E-state index in [0.717, 1.165) is 11.1 Å². The minimum atomic E-state index is -0.725. The van der Waals surface area contributed by atoms with Crippen molar-refractivity contribution in [1.82, 2.24) is 4.98 Å². The van der Waals surface area contributed by atoms with E-state index in [-0.39, 0.29) is 16.2 Å². The molecule has 0 fully saturated rings. The lowest BCUT2D eigenvalue weighted by Crippen LogP contribution is -2.23. The summed E-state index contributed by atoms with van der Waals surface area (Å²) in [4.78, 5) is 16.3. The van der Waals surface area contributed by atoms with E-state index in [1.165, 1.54) is 7.11 Å². The molecule has 110 valence electrons. The van der Waals surface area contributed by atoms with Crippen molar-refractivity contribution in [3.63, 3.8) is 0 Å². The molecule has 1 aromatic heterocycles. The minimum Gasteiger partial charge on any atom is -0.367 e. The predicted molar refractivity (Wildman–Crippen MR) is 83.8 cm³/mol. The zero-order valence-electron chi connectivity index (χ0n) is 11.6. The maximum Gasteiger partial charge on any atom is 0.258 e. The first-order chi connectivity index (χ1) is 10.0.